The highest BCUT2D eigenvalue weighted by Crippen LogP contribution is 2.06. The molecular weight excluding hydrogens is 238 g/mol. The van der Waals surface area contributed by atoms with E-state index in [0.29, 0.717) is 11.3 Å². The van der Waals surface area contributed by atoms with Crippen LogP contribution in [0, 0.1) is 6.92 Å². The van der Waals surface area contributed by atoms with Crippen LogP contribution < -0.4 is 16.0 Å². The second kappa shape index (κ2) is 6.73. The molecule has 19 heavy (non-hydrogen) atoms. The van der Waals surface area contributed by atoms with E-state index in [4.69, 9.17) is 5.73 Å². The molecule has 0 heterocycles. The van der Waals surface area contributed by atoms with Crippen LogP contribution in [0.2, 0.25) is 0 Å². The van der Waals surface area contributed by atoms with E-state index < -0.39 is 0 Å². The Morgan fingerprint density at radius 2 is 2.16 bits per heavy atom. The molecular formula is C15H22N3O+. The molecule has 0 radical (unpaired) electrons. The van der Waals surface area contributed by atoms with Crippen LogP contribution in [0.15, 0.2) is 35.5 Å². The van der Waals surface area contributed by atoms with Crippen molar-refractivity contribution in [2.45, 2.75) is 26.8 Å². The van der Waals surface area contributed by atoms with E-state index in [9.17, 15) is 4.79 Å². The van der Waals surface area contributed by atoms with E-state index in [1.165, 1.54) is 0 Å². The van der Waals surface area contributed by atoms with Crippen molar-refractivity contribution < 1.29 is 9.79 Å². The third-order valence-electron chi connectivity index (χ3n) is 2.85. The van der Waals surface area contributed by atoms with E-state index >= 15 is 0 Å². The van der Waals surface area contributed by atoms with Gasteiger partial charge >= 0.3 is 0 Å². The first-order chi connectivity index (χ1) is 8.95. The van der Waals surface area contributed by atoms with Crippen molar-refractivity contribution in [3.8, 4) is 0 Å². The summed E-state index contributed by atoms with van der Waals surface area (Å²) in [4.78, 5) is 15.1. The van der Waals surface area contributed by atoms with Crippen molar-refractivity contribution in [1.29, 1.82) is 0 Å². The topological polar surface area (TPSA) is 69.1 Å². The van der Waals surface area contributed by atoms with Crippen molar-refractivity contribution in [1.82, 2.24) is 5.32 Å². The average Bonchev–Trinajstić information content (AvgIpc) is 2.35. The molecule has 0 aromatic heterocycles. The van der Waals surface area contributed by atoms with Gasteiger partial charge in [-0.15, -0.1) is 0 Å². The van der Waals surface area contributed by atoms with E-state index in [-0.39, 0.29) is 11.9 Å². The van der Waals surface area contributed by atoms with Gasteiger partial charge in [0.05, 0.1) is 11.6 Å². The summed E-state index contributed by atoms with van der Waals surface area (Å²) in [7, 11) is 1.80. The summed E-state index contributed by atoms with van der Waals surface area (Å²) in [5, 5.41) is 2.94. The van der Waals surface area contributed by atoms with Gasteiger partial charge in [0.15, 0.2) is 6.21 Å². The molecule has 1 unspecified atom stereocenters. The van der Waals surface area contributed by atoms with Gasteiger partial charge in [-0.25, -0.2) is 0 Å². The molecule has 0 aliphatic carbocycles. The highest BCUT2D eigenvalue weighted by atomic mass is 16.1. The summed E-state index contributed by atoms with van der Waals surface area (Å²) < 4.78 is 0. The predicted molar refractivity (Wildman–Crippen MR) is 77.9 cm³/mol. The van der Waals surface area contributed by atoms with E-state index in [0.717, 1.165) is 11.1 Å². The second-order valence-electron chi connectivity index (χ2n) is 4.64. The standard InChI is InChI=1S/C15H21N3O/c1-10-6-5-7-13(8-10)15(19)18-12(3)14(9-17-4)11(2)16/h5-9,12H,16H2,1-4H3,(H,18,19)/p+1. The molecule has 4 nitrogen and oxygen atoms in total. The number of rotatable bonds is 4. The summed E-state index contributed by atoms with van der Waals surface area (Å²) in [5.41, 5.74) is 9.10. The highest BCUT2D eigenvalue weighted by Gasteiger charge is 2.15. The lowest BCUT2D eigenvalue weighted by Crippen LogP contribution is -2.64. The summed E-state index contributed by atoms with van der Waals surface area (Å²) >= 11 is 0. The van der Waals surface area contributed by atoms with Gasteiger partial charge in [0.1, 0.15) is 7.05 Å². The largest absolute Gasteiger partial charge is 0.402 e. The Bertz CT molecular complexity index is 514. The maximum Gasteiger partial charge on any atom is 0.251 e. The average molecular weight is 260 g/mol. The number of hydrogen-bond acceptors (Lipinski definition) is 2. The summed E-state index contributed by atoms with van der Waals surface area (Å²) in [5.74, 6) is -0.0977. The molecule has 1 rings (SSSR count). The maximum absolute atomic E-state index is 12.1. The molecule has 1 aromatic rings. The number of nitrogens with two attached hydrogens (primary N) is 1. The molecule has 1 atom stereocenters. The van der Waals surface area contributed by atoms with Crippen LogP contribution in [-0.2, 0) is 0 Å². The Kier molecular flexibility index (Phi) is 5.30. The normalized spacial score (nSPS) is 14.1. The lowest BCUT2D eigenvalue weighted by molar-refractivity contribution is -0.413. The fraction of sp³-hybridized carbons (Fsp3) is 0.333. The number of carbonyl (C=O) groups excluding carboxylic acids is 1. The van der Waals surface area contributed by atoms with E-state index in [1.807, 2.05) is 39.0 Å². The Hall–Kier alpha value is -2.10. The van der Waals surface area contributed by atoms with Gasteiger partial charge < -0.3 is 11.1 Å². The Balaban J connectivity index is 2.85. The zero-order valence-corrected chi connectivity index (χ0v) is 11.9. The van der Waals surface area contributed by atoms with Crippen LogP contribution in [-0.4, -0.2) is 25.2 Å². The first-order valence-corrected chi connectivity index (χ1v) is 6.30. The molecule has 1 aromatic carbocycles. The van der Waals surface area contributed by atoms with Crippen LogP contribution in [0.5, 0.6) is 0 Å². The third kappa shape index (κ3) is 4.25. The molecule has 4 heteroatoms. The van der Waals surface area contributed by atoms with Crippen LogP contribution in [0.3, 0.4) is 0 Å². The van der Waals surface area contributed by atoms with Crippen LogP contribution in [0.25, 0.3) is 0 Å². The lowest BCUT2D eigenvalue weighted by Gasteiger charge is -2.15. The number of allylic oxidation sites excluding steroid dienone is 1. The van der Waals surface area contributed by atoms with Crippen LogP contribution in [0.1, 0.15) is 29.8 Å². The summed E-state index contributed by atoms with van der Waals surface area (Å²) in [6.07, 6.45) is 1.80. The molecule has 102 valence electrons. The Morgan fingerprint density at radius 3 is 2.68 bits per heavy atom. The molecule has 1 amide bonds. The van der Waals surface area contributed by atoms with Crippen molar-refractivity contribution in [2.24, 2.45) is 5.73 Å². The van der Waals surface area contributed by atoms with Gasteiger partial charge in [0.25, 0.3) is 5.91 Å². The predicted octanol–water partition coefficient (Wildman–Crippen LogP) is 0.127. The summed E-state index contributed by atoms with van der Waals surface area (Å²) in [6.45, 7) is 5.69. The quantitative estimate of drug-likeness (QED) is 0.673. The zero-order valence-electron chi connectivity index (χ0n) is 11.9. The van der Waals surface area contributed by atoms with Crippen molar-refractivity contribution in [3.05, 3.63) is 46.7 Å². The first kappa shape index (κ1) is 15.0. The van der Waals surface area contributed by atoms with Crippen molar-refractivity contribution in [3.63, 3.8) is 0 Å². The van der Waals surface area contributed by atoms with Gasteiger partial charge in [0, 0.05) is 11.3 Å². The number of amides is 1. The minimum Gasteiger partial charge on any atom is -0.402 e. The molecule has 0 spiro atoms. The molecule has 0 saturated carbocycles. The maximum atomic E-state index is 12.1. The van der Waals surface area contributed by atoms with Gasteiger partial charge in [-0.1, -0.05) is 17.7 Å². The second-order valence-corrected chi connectivity index (χ2v) is 4.64. The van der Waals surface area contributed by atoms with Gasteiger partial charge in [-0.05, 0) is 32.9 Å². The van der Waals surface area contributed by atoms with Crippen LogP contribution >= 0.6 is 0 Å². The molecule has 0 aliphatic rings. The van der Waals surface area contributed by atoms with Gasteiger partial charge in [-0.3, -0.25) is 9.79 Å². The first-order valence-electron chi connectivity index (χ1n) is 6.30. The smallest absolute Gasteiger partial charge is 0.251 e. The fourth-order valence-electron chi connectivity index (χ4n) is 1.88. The fourth-order valence-corrected chi connectivity index (χ4v) is 1.88. The van der Waals surface area contributed by atoms with Crippen molar-refractivity contribution in [2.75, 3.05) is 7.05 Å². The molecule has 0 fully saturated rings. The van der Waals surface area contributed by atoms with Crippen molar-refractivity contribution >= 4 is 12.1 Å². The van der Waals surface area contributed by atoms with E-state index in [1.54, 1.807) is 19.3 Å². The Labute approximate surface area is 114 Å². The van der Waals surface area contributed by atoms with E-state index in [2.05, 4.69) is 10.3 Å². The number of carbonyl (C=O) groups is 1. The summed E-state index contributed by atoms with van der Waals surface area (Å²) in [6, 6.07) is 7.35. The van der Waals surface area contributed by atoms with Gasteiger partial charge in [-0.2, -0.15) is 0 Å². The number of aryl methyl sites for hydroxylation is 1. The third-order valence-corrected chi connectivity index (χ3v) is 2.85. The van der Waals surface area contributed by atoms with Crippen LogP contribution in [0.4, 0.5) is 0 Å². The lowest BCUT2D eigenvalue weighted by atomic mass is 10.1. The molecule has 0 bridgehead atoms. The molecule has 0 aliphatic heterocycles. The monoisotopic (exact) mass is 260 g/mol. The minimum absolute atomic E-state index is 0.0977. The SMILES string of the molecule is C[NH+]=CC(=C(C)N)C(C)NC(=O)c1cccc(C)c1. The number of hydrogen-bond donors (Lipinski definition) is 3. The zero-order chi connectivity index (χ0) is 14.4. The minimum atomic E-state index is -0.148. The Morgan fingerprint density at radius 1 is 1.47 bits per heavy atom. The molecule has 4 N–H and O–H groups in total. The number of benzene rings is 1. The highest BCUT2D eigenvalue weighted by molar-refractivity contribution is 5.95. The number of nitrogens with one attached hydrogen (secondary N) is 2. The molecule has 0 saturated heterocycles. The van der Waals surface area contributed by atoms with Gasteiger partial charge in [0.2, 0.25) is 0 Å².